The van der Waals surface area contributed by atoms with Gasteiger partial charge >= 0.3 is 6.09 Å². The fourth-order valence-electron chi connectivity index (χ4n) is 6.60. The van der Waals surface area contributed by atoms with Gasteiger partial charge in [0.2, 0.25) is 5.91 Å². The number of aromatic amines is 1. The number of carboxylic acid groups (broad SMARTS) is 1. The number of carbonyl (C=O) groups is 3. The highest BCUT2D eigenvalue weighted by molar-refractivity contribution is 5.85. The zero-order valence-corrected chi connectivity index (χ0v) is 26.7. The van der Waals surface area contributed by atoms with Crippen LogP contribution in [0, 0.1) is 5.92 Å². The van der Waals surface area contributed by atoms with Crippen LogP contribution in [0.2, 0.25) is 0 Å². The second-order valence-corrected chi connectivity index (χ2v) is 13.2. The van der Waals surface area contributed by atoms with Crippen molar-refractivity contribution >= 4 is 23.6 Å². The van der Waals surface area contributed by atoms with Crippen LogP contribution in [0.1, 0.15) is 51.5 Å². The van der Waals surface area contributed by atoms with Crippen molar-refractivity contribution in [3.63, 3.8) is 0 Å². The lowest BCUT2D eigenvalue weighted by molar-refractivity contribution is -0.145. The highest BCUT2D eigenvalue weighted by Crippen LogP contribution is 2.34. The summed E-state index contributed by atoms with van der Waals surface area (Å²) in [5.41, 5.74) is 3.11. The summed E-state index contributed by atoms with van der Waals surface area (Å²) in [4.78, 5) is 46.2. The molecule has 0 radical (unpaired) electrons. The standard InChI is InChI=1S/C35H44N6O5/c1-35(2,33(43)38-16-5-17-39(19-18-38)34(44)45)46-31-8-3-7-30(20-31)40-15-4-6-27(24-40)32(42)41(29-13-14-29)23-25-9-11-26(12-10-25)28-21-36-37-22-28/h3,7-12,20-22,27,29H,4-6,13-19,23-24H2,1-2H3,(H,36,37)(H,44,45)/t27-/m1/s1. The van der Waals surface area contributed by atoms with E-state index in [-0.39, 0.29) is 24.3 Å². The number of aromatic nitrogens is 2. The Hall–Kier alpha value is -4.54. The number of carbonyl (C=O) groups excluding carboxylic acids is 2. The summed E-state index contributed by atoms with van der Waals surface area (Å²) >= 11 is 0. The van der Waals surface area contributed by atoms with Crippen LogP contribution in [-0.4, -0.2) is 98.8 Å². The van der Waals surface area contributed by atoms with Crippen molar-refractivity contribution in [2.75, 3.05) is 44.2 Å². The molecule has 244 valence electrons. The molecule has 0 spiro atoms. The molecule has 2 aliphatic heterocycles. The normalized spacial score (nSPS) is 19.0. The number of rotatable bonds is 9. The molecule has 3 aromatic rings. The number of hydrogen-bond acceptors (Lipinski definition) is 6. The topological polar surface area (TPSA) is 122 Å². The fourth-order valence-corrected chi connectivity index (χ4v) is 6.60. The number of piperidine rings is 1. The maximum Gasteiger partial charge on any atom is 0.407 e. The van der Waals surface area contributed by atoms with E-state index in [0.717, 1.165) is 54.6 Å². The van der Waals surface area contributed by atoms with E-state index in [1.54, 1.807) is 24.9 Å². The number of ether oxygens (including phenoxy) is 1. The molecule has 3 heterocycles. The molecule has 1 atom stereocenters. The van der Waals surface area contributed by atoms with Gasteiger partial charge in [-0.15, -0.1) is 0 Å². The molecule has 0 bridgehead atoms. The van der Waals surface area contributed by atoms with E-state index in [2.05, 4.69) is 44.3 Å². The SMILES string of the molecule is CC(C)(Oc1cccc(N2CCC[C@@H](C(=O)N(Cc3ccc(-c4cn[nH]c4)cc3)C3CC3)C2)c1)C(=O)N1CCCN(C(=O)O)CC1. The fraction of sp³-hybridized carbons (Fsp3) is 0.486. The van der Waals surface area contributed by atoms with Crippen LogP contribution in [0.25, 0.3) is 11.1 Å². The Balaban J connectivity index is 1.08. The molecule has 0 unspecified atom stereocenters. The number of nitrogens with one attached hydrogen (secondary N) is 1. The third-order valence-corrected chi connectivity index (χ3v) is 9.30. The molecule has 2 aromatic carbocycles. The lowest BCUT2D eigenvalue weighted by Gasteiger charge is -2.37. The number of benzene rings is 2. The van der Waals surface area contributed by atoms with E-state index >= 15 is 0 Å². The molecule has 3 amide bonds. The van der Waals surface area contributed by atoms with Crippen molar-refractivity contribution < 1.29 is 24.2 Å². The van der Waals surface area contributed by atoms with Crippen LogP contribution in [-0.2, 0) is 16.1 Å². The summed E-state index contributed by atoms with van der Waals surface area (Å²) in [6, 6.07) is 16.5. The zero-order valence-electron chi connectivity index (χ0n) is 26.7. The lowest BCUT2D eigenvalue weighted by Crippen LogP contribution is -2.50. The van der Waals surface area contributed by atoms with Gasteiger partial charge < -0.3 is 29.4 Å². The van der Waals surface area contributed by atoms with Crippen LogP contribution in [0.3, 0.4) is 0 Å². The van der Waals surface area contributed by atoms with Gasteiger partial charge in [0.1, 0.15) is 5.75 Å². The average molecular weight is 629 g/mol. The van der Waals surface area contributed by atoms with E-state index < -0.39 is 11.7 Å². The van der Waals surface area contributed by atoms with E-state index in [1.807, 2.05) is 30.5 Å². The Kier molecular flexibility index (Phi) is 9.19. The summed E-state index contributed by atoms with van der Waals surface area (Å²) in [6.07, 6.45) is 7.21. The summed E-state index contributed by atoms with van der Waals surface area (Å²) < 4.78 is 6.29. The van der Waals surface area contributed by atoms with E-state index in [0.29, 0.717) is 50.9 Å². The molecular formula is C35H44N6O5. The second kappa shape index (κ2) is 13.4. The first-order valence-corrected chi connectivity index (χ1v) is 16.4. The molecule has 11 nitrogen and oxygen atoms in total. The van der Waals surface area contributed by atoms with Gasteiger partial charge in [-0.2, -0.15) is 5.10 Å². The number of H-pyrrole nitrogens is 1. The maximum absolute atomic E-state index is 14.0. The van der Waals surface area contributed by atoms with Crippen molar-refractivity contribution in [2.45, 2.75) is 64.1 Å². The molecule has 2 saturated heterocycles. The van der Waals surface area contributed by atoms with Crippen molar-refractivity contribution in [3.8, 4) is 16.9 Å². The molecular weight excluding hydrogens is 584 g/mol. The summed E-state index contributed by atoms with van der Waals surface area (Å²) in [6.45, 7) is 7.16. The first-order chi connectivity index (χ1) is 22.2. The highest BCUT2D eigenvalue weighted by Gasteiger charge is 2.38. The van der Waals surface area contributed by atoms with Crippen LogP contribution in [0.15, 0.2) is 60.9 Å². The van der Waals surface area contributed by atoms with Gasteiger partial charge in [0.25, 0.3) is 5.91 Å². The zero-order chi connectivity index (χ0) is 32.3. The molecule has 2 N–H and O–H groups in total. The number of hydrogen-bond donors (Lipinski definition) is 2. The first-order valence-electron chi connectivity index (χ1n) is 16.4. The smallest absolute Gasteiger partial charge is 0.407 e. The van der Waals surface area contributed by atoms with Gasteiger partial charge in [0.15, 0.2) is 5.60 Å². The Morgan fingerprint density at radius 1 is 0.957 bits per heavy atom. The van der Waals surface area contributed by atoms with Crippen LogP contribution < -0.4 is 9.64 Å². The Labute approximate surface area is 270 Å². The molecule has 6 rings (SSSR count). The minimum atomic E-state index is -1.13. The minimum absolute atomic E-state index is 0.0875. The quantitative estimate of drug-likeness (QED) is 0.347. The van der Waals surface area contributed by atoms with Crippen molar-refractivity contribution in [3.05, 3.63) is 66.5 Å². The van der Waals surface area contributed by atoms with E-state index in [4.69, 9.17) is 4.74 Å². The first kappa shape index (κ1) is 31.4. The van der Waals surface area contributed by atoms with Gasteiger partial charge in [0.05, 0.1) is 12.1 Å². The molecule has 1 aliphatic carbocycles. The summed E-state index contributed by atoms with van der Waals surface area (Å²) in [7, 11) is 0. The third kappa shape index (κ3) is 7.29. The van der Waals surface area contributed by atoms with Crippen LogP contribution >= 0.6 is 0 Å². The van der Waals surface area contributed by atoms with Gasteiger partial charge in [-0.25, -0.2) is 4.79 Å². The van der Waals surface area contributed by atoms with Crippen molar-refractivity contribution in [2.24, 2.45) is 5.92 Å². The predicted molar refractivity (Wildman–Crippen MR) is 174 cm³/mol. The largest absolute Gasteiger partial charge is 0.478 e. The highest BCUT2D eigenvalue weighted by atomic mass is 16.5. The van der Waals surface area contributed by atoms with E-state index in [1.165, 1.54) is 4.90 Å². The van der Waals surface area contributed by atoms with Crippen LogP contribution in [0.5, 0.6) is 5.75 Å². The number of amides is 3. The molecule has 3 fully saturated rings. The van der Waals surface area contributed by atoms with Gasteiger partial charge in [-0.3, -0.25) is 14.7 Å². The Bertz CT molecular complexity index is 1520. The predicted octanol–water partition coefficient (Wildman–Crippen LogP) is 4.85. The molecule has 1 aromatic heterocycles. The average Bonchev–Trinajstić information content (AvgIpc) is 3.81. The molecule has 46 heavy (non-hydrogen) atoms. The second-order valence-electron chi connectivity index (χ2n) is 13.2. The van der Waals surface area contributed by atoms with Crippen molar-refractivity contribution in [1.29, 1.82) is 0 Å². The Morgan fingerprint density at radius 2 is 1.72 bits per heavy atom. The van der Waals surface area contributed by atoms with Crippen molar-refractivity contribution in [1.82, 2.24) is 24.9 Å². The monoisotopic (exact) mass is 628 g/mol. The lowest BCUT2D eigenvalue weighted by atomic mass is 9.95. The molecule has 1 saturated carbocycles. The summed E-state index contributed by atoms with van der Waals surface area (Å²) in [5.74, 6) is 0.564. The maximum atomic E-state index is 14.0. The molecule has 11 heteroatoms. The summed E-state index contributed by atoms with van der Waals surface area (Å²) in [5, 5.41) is 16.2. The minimum Gasteiger partial charge on any atom is -0.478 e. The van der Waals surface area contributed by atoms with E-state index in [9.17, 15) is 19.5 Å². The Morgan fingerprint density at radius 3 is 2.43 bits per heavy atom. The van der Waals surface area contributed by atoms with Gasteiger partial charge in [-0.1, -0.05) is 30.3 Å². The molecule has 3 aliphatic rings. The number of nitrogens with zero attached hydrogens (tertiary/aromatic N) is 5. The third-order valence-electron chi connectivity index (χ3n) is 9.30. The van der Waals surface area contributed by atoms with Crippen LogP contribution in [0.4, 0.5) is 10.5 Å². The van der Waals surface area contributed by atoms with Gasteiger partial charge in [-0.05, 0) is 69.2 Å². The van der Waals surface area contributed by atoms with Gasteiger partial charge in [0, 0.05) is 75.4 Å². The number of anilines is 1.